The summed E-state index contributed by atoms with van der Waals surface area (Å²) in [6.45, 7) is 2.46. The maximum Gasteiger partial charge on any atom is 0.191 e. The molecule has 1 aromatic rings. The van der Waals surface area contributed by atoms with Crippen molar-refractivity contribution in [2.24, 2.45) is 10.7 Å². The largest absolute Gasteiger partial charge is 0.493 e. The number of benzene rings is 1. The van der Waals surface area contributed by atoms with E-state index < -0.39 is 0 Å². The number of rotatable bonds is 4. The Morgan fingerprint density at radius 1 is 1.33 bits per heavy atom. The van der Waals surface area contributed by atoms with Gasteiger partial charge in [0.15, 0.2) is 17.5 Å². The van der Waals surface area contributed by atoms with Crippen molar-refractivity contribution in [3.63, 3.8) is 0 Å². The van der Waals surface area contributed by atoms with E-state index in [0.717, 1.165) is 34.6 Å². The van der Waals surface area contributed by atoms with Crippen molar-refractivity contribution in [2.75, 3.05) is 38.8 Å². The van der Waals surface area contributed by atoms with Crippen molar-refractivity contribution in [3.05, 3.63) is 22.2 Å². The van der Waals surface area contributed by atoms with Gasteiger partial charge in [0.2, 0.25) is 0 Å². The van der Waals surface area contributed by atoms with Gasteiger partial charge < -0.3 is 20.1 Å². The lowest BCUT2D eigenvalue weighted by Gasteiger charge is -2.27. The summed E-state index contributed by atoms with van der Waals surface area (Å²) in [6.07, 6.45) is 0. The van der Waals surface area contributed by atoms with Crippen LogP contribution in [0.15, 0.2) is 21.6 Å². The van der Waals surface area contributed by atoms with E-state index in [4.69, 9.17) is 15.2 Å². The molecule has 0 saturated carbocycles. The van der Waals surface area contributed by atoms with E-state index >= 15 is 0 Å². The minimum absolute atomic E-state index is 0.522. The van der Waals surface area contributed by atoms with Crippen molar-refractivity contribution in [3.8, 4) is 11.5 Å². The van der Waals surface area contributed by atoms with Crippen LogP contribution >= 0.6 is 27.7 Å². The molecule has 0 spiro atoms. The molecule has 1 saturated heterocycles. The Kier molecular flexibility index (Phi) is 6.05. The Labute approximate surface area is 138 Å². The van der Waals surface area contributed by atoms with Crippen LogP contribution in [-0.4, -0.2) is 49.7 Å². The van der Waals surface area contributed by atoms with Gasteiger partial charge in [0.25, 0.3) is 0 Å². The highest BCUT2D eigenvalue weighted by Gasteiger charge is 2.13. The van der Waals surface area contributed by atoms with Gasteiger partial charge in [-0.05, 0) is 33.6 Å². The highest BCUT2D eigenvalue weighted by atomic mass is 79.9. The van der Waals surface area contributed by atoms with Gasteiger partial charge in [0.1, 0.15) is 0 Å². The predicted molar refractivity (Wildman–Crippen MR) is 91.5 cm³/mol. The first-order chi connectivity index (χ1) is 10.2. The molecule has 7 heteroatoms. The molecule has 2 N–H and O–H groups in total. The van der Waals surface area contributed by atoms with Crippen LogP contribution < -0.4 is 15.2 Å². The van der Waals surface area contributed by atoms with E-state index in [1.807, 2.05) is 23.9 Å². The molecular weight excluding hydrogens is 354 g/mol. The van der Waals surface area contributed by atoms with Crippen LogP contribution in [0.25, 0.3) is 0 Å². The van der Waals surface area contributed by atoms with E-state index in [1.165, 1.54) is 0 Å². The third-order valence-electron chi connectivity index (χ3n) is 3.25. The number of ether oxygens (including phenoxy) is 2. The summed E-state index contributed by atoms with van der Waals surface area (Å²) >= 11 is 5.44. The fourth-order valence-electron chi connectivity index (χ4n) is 2.13. The van der Waals surface area contributed by atoms with E-state index in [-0.39, 0.29) is 0 Å². The Bertz CT molecular complexity index is 519. The molecule has 0 bridgehead atoms. The summed E-state index contributed by atoms with van der Waals surface area (Å²) in [4.78, 5) is 6.62. The van der Waals surface area contributed by atoms with Gasteiger partial charge in [-0.25, -0.2) is 4.99 Å². The van der Waals surface area contributed by atoms with Crippen LogP contribution in [0.3, 0.4) is 0 Å². The lowest BCUT2D eigenvalue weighted by molar-refractivity contribution is 0.352. The molecule has 2 rings (SSSR count). The average Bonchev–Trinajstić information content (AvgIpc) is 2.52. The molecule has 21 heavy (non-hydrogen) atoms. The lowest BCUT2D eigenvalue weighted by atomic mass is 10.2. The Morgan fingerprint density at radius 3 is 2.67 bits per heavy atom. The fraction of sp³-hybridized carbons (Fsp3) is 0.500. The Hall–Kier alpha value is -1.08. The zero-order valence-electron chi connectivity index (χ0n) is 12.3. The average molecular weight is 374 g/mol. The second-order valence-corrected chi connectivity index (χ2v) is 6.67. The number of methoxy groups -OCH3 is 2. The highest BCUT2D eigenvalue weighted by molar-refractivity contribution is 9.10. The smallest absolute Gasteiger partial charge is 0.191 e. The number of nitrogens with two attached hydrogens (primary N) is 1. The van der Waals surface area contributed by atoms with Gasteiger partial charge >= 0.3 is 0 Å². The van der Waals surface area contributed by atoms with Crippen molar-refractivity contribution in [1.29, 1.82) is 0 Å². The van der Waals surface area contributed by atoms with Gasteiger partial charge in [0, 0.05) is 24.6 Å². The van der Waals surface area contributed by atoms with E-state index in [1.54, 1.807) is 14.2 Å². The summed E-state index contributed by atoms with van der Waals surface area (Å²) in [5, 5.41) is 0. The van der Waals surface area contributed by atoms with Crippen LogP contribution in [0.4, 0.5) is 0 Å². The summed E-state index contributed by atoms with van der Waals surface area (Å²) < 4.78 is 11.5. The van der Waals surface area contributed by atoms with Crippen LogP contribution in [0, 0.1) is 0 Å². The number of guanidine groups is 1. The SMILES string of the molecule is COc1cc(CN=C(N)N2CCSCC2)cc(Br)c1OC. The lowest BCUT2D eigenvalue weighted by Crippen LogP contribution is -2.42. The molecule has 1 fully saturated rings. The quantitative estimate of drug-likeness (QED) is 0.648. The summed E-state index contributed by atoms with van der Waals surface area (Å²) in [5.41, 5.74) is 7.08. The molecule has 1 aromatic carbocycles. The normalized spacial score (nSPS) is 16.0. The number of nitrogens with zero attached hydrogens (tertiary/aromatic N) is 2. The first-order valence-corrected chi connectivity index (χ1v) is 8.63. The standard InChI is InChI=1S/C14H20BrN3O2S/c1-19-12-8-10(7-11(15)13(12)20-2)9-17-14(16)18-3-5-21-6-4-18/h7-8H,3-6,9H2,1-2H3,(H2,16,17). The van der Waals surface area contributed by atoms with Crippen LogP contribution in [0.2, 0.25) is 0 Å². The first-order valence-electron chi connectivity index (χ1n) is 6.68. The van der Waals surface area contributed by atoms with Crippen molar-refractivity contribution < 1.29 is 9.47 Å². The van der Waals surface area contributed by atoms with E-state index in [2.05, 4.69) is 25.8 Å². The van der Waals surface area contributed by atoms with E-state index in [9.17, 15) is 0 Å². The summed E-state index contributed by atoms with van der Waals surface area (Å²) in [7, 11) is 3.24. The molecule has 1 aliphatic heterocycles. The molecule has 1 heterocycles. The monoisotopic (exact) mass is 373 g/mol. The summed E-state index contributed by atoms with van der Waals surface area (Å²) in [5.74, 6) is 4.20. The third-order valence-corrected chi connectivity index (χ3v) is 4.78. The Morgan fingerprint density at radius 2 is 2.05 bits per heavy atom. The zero-order chi connectivity index (χ0) is 15.2. The van der Waals surface area contributed by atoms with E-state index in [0.29, 0.717) is 24.0 Å². The Balaban J connectivity index is 2.10. The highest BCUT2D eigenvalue weighted by Crippen LogP contribution is 2.36. The molecule has 0 aromatic heterocycles. The molecule has 0 aliphatic carbocycles. The van der Waals surface area contributed by atoms with Crippen molar-refractivity contribution in [2.45, 2.75) is 6.54 Å². The minimum atomic E-state index is 0.522. The van der Waals surface area contributed by atoms with Gasteiger partial charge in [-0.15, -0.1) is 0 Å². The maximum atomic E-state index is 6.06. The molecule has 0 unspecified atom stereocenters. The zero-order valence-corrected chi connectivity index (χ0v) is 14.7. The number of aliphatic imine (C=N–C) groups is 1. The number of halogens is 1. The second kappa shape index (κ2) is 7.79. The van der Waals surface area contributed by atoms with Crippen LogP contribution in [0.5, 0.6) is 11.5 Å². The fourth-order valence-corrected chi connectivity index (χ4v) is 3.68. The van der Waals surface area contributed by atoms with Gasteiger partial charge in [-0.1, -0.05) is 0 Å². The topological polar surface area (TPSA) is 60.1 Å². The molecule has 116 valence electrons. The van der Waals surface area contributed by atoms with Gasteiger partial charge in [-0.2, -0.15) is 11.8 Å². The minimum Gasteiger partial charge on any atom is -0.493 e. The van der Waals surface area contributed by atoms with Gasteiger partial charge in [0.05, 0.1) is 25.2 Å². The third kappa shape index (κ3) is 4.20. The second-order valence-electron chi connectivity index (χ2n) is 4.59. The molecule has 0 atom stereocenters. The maximum absolute atomic E-state index is 6.06. The molecule has 5 nitrogen and oxygen atoms in total. The number of hydrogen-bond acceptors (Lipinski definition) is 4. The summed E-state index contributed by atoms with van der Waals surface area (Å²) in [6, 6.07) is 3.90. The van der Waals surface area contributed by atoms with Crippen LogP contribution in [0.1, 0.15) is 5.56 Å². The number of hydrogen-bond donors (Lipinski definition) is 1. The molecule has 0 radical (unpaired) electrons. The predicted octanol–water partition coefficient (Wildman–Crippen LogP) is 2.33. The van der Waals surface area contributed by atoms with Crippen LogP contribution in [-0.2, 0) is 6.54 Å². The van der Waals surface area contributed by atoms with Crippen molar-refractivity contribution in [1.82, 2.24) is 4.90 Å². The first kappa shape index (κ1) is 16.3. The molecular formula is C14H20BrN3O2S. The molecule has 1 aliphatic rings. The van der Waals surface area contributed by atoms with Gasteiger partial charge in [-0.3, -0.25) is 0 Å². The molecule has 0 amide bonds. The number of thioether (sulfide) groups is 1. The van der Waals surface area contributed by atoms with Crippen molar-refractivity contribution >= 4 is 33.7 Å².